The normalized spacial score (nSPS) is 22.1. The highest BCUT2D eigenvalue weighted by Gasteiger charge is 2.43. The summed E-state index contributed by atoms with van der Waals surface area (Å²) in [7, 11) is 0. The van der Waals surface area contributed by atoms with Gasteiger partial charge >= 0.3 is 6.18 Å². The smallest absolute Gasteiger partial charge is 0.416 e. The zero-order valence-electron chi connectivity index (χ0n) is 19.2. The highest BCUT2D eigenvalue weighted by molar-refractivity contribution is 5.92. The Hall–Kier alpha value is -3.37. The second-order valence-electron chi connectivity index (χ2n) is 9.46. The molecule has 0 radical (unpaired) electrons. The number of nitrogens with one attached hydrogen (secondary N) is 1. The van der Waals surface area contributed by atoms with Crippen LogP contribution in [0, 0.1) is 5.82 Å². The molecule has 35 heavy (non-hydrogen) atoms. The summed E-state index contributed by atoms with van der Waals surface area (Å²) in [5.74, 6) is -1.99. The van der Waals surface area contributed by atoms with Crippen LogP contribution in [0.25, 0.3) is 0 Å². The van der Waals surface area contributed by atoms with Crippen molar-refractivity contribution < 1.29 is 31.9 Å². The molecule has 1 aromatic carbocycles. The van der Waals surface area contributed by atoms with Gasteiger partial charge in [0, 0.05) is 24.3 Å². The van der Waals surface area contributed by atoms with E-state index in [-0.39, 0.29) is 18.1 Å². The number of hydrogen-bond acceptors (Lipinski definition) is 5. The molecule has 3 atom stereocenters. The summed E-state index contributed by atoms with van der Waals surface area (Å²) in [5.41, 5.74) is 2.93. The Morgan fingerprint density at radius 2 is 1.77 bits per heavy atom. The number of piperidine rings is 1. The number of amides is 2. The summed E-state index contributed by atoms with van der Waals surface area (Å²) in [5, 5.41) is 2.92. The quantitative estimate of drug-likeness (QED) is 0.596. The lowest BCUT2D eigenvalue weighted by molar-refractivity contribution is -0.138. The molecule has 1 aromatic heterocycles. The zero-order valence-corrected chi connectivity index (χ0v) is 19.2. The van der Waals surface area contributed by atoms with Gasteiger partial charge in [0.05, 0.1) is 11.1 Å². The molecule has 3 N–H and O–H groups in total. The van der Waals surface area contributed by atoms with Crippen LogP contribution in [0.5, 0.6) is 5.75 Å². The molecule has 188 valence electrons. The zero-order chi connectivity index (χ0) is 25.5. The molecule has 2 fully saturated rings. The van der Waals surface area contributed by atoms with Crippen LogP contribution in [0.2, 0.25) is 0 Å². The van der Waals surface area contributed by atoms with Crippen LogP contribution in [0.15, 0.2) is 36.5 Å². The third-order valence-corrected chi connectivity index (χ3v) is 6.54. The first-order valence-corrected chi connectivity index (χ1v) is 11.3. The second kappa shape index (κ2) is 9.01. The predicted molar refractivity (Wildman–Crippen MR) is 119 cm³/mol. The van der Waals surface area contributed by atoms with Gasteiger partial charge in [0.2, 0.25) is 5.91 Å². The average Bonchev–Trinajstić information content (AvgIpc) is 3.04. The summed E-state index contributed by atoms with van der Waals surface area (Å²) in [6, 6.07) is 5.29. The number of rotatable bonds is 6. The number of carbonyl (C=O) groups is 2. The van der Waals surface area contributed by atoms with E-state index in [2.05, 4.69) is 15.2 Å². The summed E-state index contributed by atoms with van der Waals surface area (Å²) in [6.07, 6.45) is -0.138. The van der Waals surface area contributed by atoms with E-state index in [0.29, 0.717) is 36.6 Å². The average molecular weight is 494 g/mol. The number of hydrogen-bond donors (Lipinski definition) is 2. The van der Waals surface area contributed by atoms with Gasteiger partial charge in [-0.2, -0.15) is 13.2 Å². The minimum atomic E-state index is -4.67. The molecule has 3 heterocycles. The molecule has 2 aromatic rings. The molecule has 2 saturated heterocycles. The summed E-state index contributed by atoms with van der Waals surface area (Å²) >= 11 is 0. The third kappa shape index (κ3) is 5.18. The van der Waals surface area contributed by atoms with E-state index in [1.165, 1.54) is 20.0 Å². The van der Waals surface area contributed by atoms with Crippen molar-refractivity contribution in [1.82, 2.24) is 10.3 Å². The first-order chi connectivity index (χ1) is 16.3. The van der Waals surface area contributed by atoms with Gasteiger partial charge in [-0.15, -0.1) is 0 Å². The van der Waals surface area contributed by atoms with Crippen molar-refractivity contribution in [3.8, 4) is 5.75 Å². The monoisotopic (exact) mass is 494 g/mol. The Morgan fingerprint density at radius 3 is 2.31 bits per heavy atom. The van der Waals surface area contributed by atoms with Gasteiger partial charge in [0.1, 0.15) is 5.82 Å². The standard InChI is InChI=1S/C24H26F4N4O3/c1-23(2,35-19-9-14(24(26,27)28)4-7-18(19)25)22(34)31-15-10-16-5-6-17(11-15)32(16)20-8-3-13(12-30-20)21(29)33/h3-4,7-9,12,15-17H,5-6,10-11H2,1-2H3,(H2,29,33)(H,31,34)/t15?,16-,17+. The SMILES string of the molecule is CC(C)(Oc1cc(C(F)(F)F)ccc1F)C(=O)NC1C[C@H]2CC[C@@H](C1)N2c1ccc(C(N)=O)cn1. The van der Waals surface area contributed by atoms with E-state index >= 15 is 0 Å². The Bertz CT molecular complexity index is 1110. The van der Waals surface area contributed by atoms with E-state index in [0.717, 1.165) is 18.7 Å². The molecule has 2 bridgehead atoms. The van der Waals surface area contributed by atoms with Crippen molar-refractivity contribution in [3.05, 3.63) is 53.5 Å². The van der Waals surface area contributed by atoms with Gasteiger partial charge in [0.15, 0.2) is 17.2 Å². The Morgan fingerprint density at radius 1 is 1.11 bits per heavy atom. The van der Waals surface area contributed by atoms with Crippen molar-refractivity contribution in [2.75, 3.05) is 4.90 Å². The molecular weight excluding hydrogens is 468 g/mol. The van der Waals surface area contributed by atoms with Crippen molar-refractivity contribution in [2.45, 2.75) is 69.4 Å². The number of nitrogens with two attached hydrogens (primary N) is 1. The molecule has 2 amide bonds. The number of nitrogens with zero attached hydrogens (tertiary/aromatic N) is 2. The highest BCUT2D eigenvalue weighted by Crippen LogP contribution is 2.39. The summed E-state index contributed by atoms with van der Waals surface area (Å²) < 4.78 is 58.6. The van der Waals surface area contributed by atoms with E-state index in [1.807, 2.05) is 0 Å². The third-order valence-electron chi connectivity index (χ3n) is 6.54. The largest absolute Gasteiger partial charge is 0.475 e. The van der Waals surface area contributed by atoms with Crippen LogP contribution in [-0.2, 0) is 11.0 Å². The molecule has 0 aliphatic carbocycles. The minimum absolute atomic E-state index is 0.121. The fourth-order valence-electron chi connectivity index (χ4n) is 4.79. The van der Waals surface area contributed by atoms with Gasteiger partial charge in [-0.1, -0.05) is 0 Å². The van der Waals surface area contributed by atoms with E-state index in [1.54, 1.807) is 12.1 Å². The number of ether oxygens (including phenoxy) is 1. The molecule has 1 unspecified atom stereocenters. The highest BCUT2D eigenvalue weighted by atomic mass is 19.4. The molecule has 11 heteroatoms. The number of pyridine rings is 1. The number of alkyl halides is 3. The predicted octanol–water partition coefficient (Wildman–Crippen LogP) is 3.81. The molecular formula is C24H26F4N4O3. The number of anilines is 1. The van der Waals surface area contributed by atoms with Gasteiger partial charge in [-0.25, -0.2) is 9.37 Å². The maximum absolute atomic E-state index is 14.1. The first-order valence-electron chi connectivity index (χ1n) is 11.3. The molecule has 2 aliphatic rings. The Balaban J connectivity index is 1.41. The van der Waals surface area contributed by atoms with Crippen molar-refractivity contribution in [2.24, 2.45) is 5.73 Å². The van der Waals surface area contributed by atoms with Crippen LogP contribution in [0.1, 0.15) is 55.5 Å². The number of benzene rings is 1. The van der Waals surface area contributed by atoms with Crippen molar-refractivity contribution in [1.29, 1.82) is 0 Å². The molecule has 0 spiro atoms. The Kier molecular flexibility index (Phi) is 6.37. The number of carbonyl (C=O) groups excluding carboxylic acids is 2. The fourth-order valence-corrected chi connectivity index (χ4v) is 4.79. The van der Waals surface area contributed by atoms with Crippen LogP contribution >= 0.6 is 0 Å². The molecule has 4 rings (SSSR count). The van der Waals surface area contributed by atoms with E-state index in [9.17, 15) is 27.2 Å². The van der Waals surface area contributed by atoms with Crippen LogP contribution in [-0.4, -0.2) is 40.5 Å². The number of primary amides is 1. The number of fused-ring (bicyclic) bond motifs is 2. The maximum Gasteiger partial charge on any atom is 0.416 e. The Labute approximate surface area is 199 Å². The van der Waals surface area contributed by atoms with Crippen molar-refractivity contribution in [3.63, 3.8) is 0 Å². The first kappa shape index (κ1) is 24.7. The molecule has 7 nitrogen and oxygen atoms in total. The van der Waals surface area contributed by atoms with Crippen molar-refractivity contribution >= 4 is 17.6 Å². The van der Waals surface area contributed by atoms with Gasteiger partial charge in [-0.3, -0.25) is 9.59 Å². The van der Waals surface area contributed by atoms with E-state index in [4.69, 9.17) is 10.5 Å². The van der Waals surface area contributed by atoms with Crippen LogP contribution in [0.3, 0.4) is 0 Å². The molecule has 2 aliphatic heterocycles. The summed E-state index contributed by atoms with van der Waals surface area (Å²) in [6.45, 7) is 2.77. The lowest BCUT2D eigenvalue weighted by Gasteiger charge is -2.40. The van der Waals surface area contributed by atoms with Crippen LogP contribution < -0.4 is 20.7 Å². The fraction of sp³-hybridized carbons (Fsp3) is 0.458. The van der Waals surface area contributed by atoms with E-state index < -0.39 is 40.7 Å². The number of aromatic nitrogens is 1. The minimum Gasteiger partial charge on any atom is -0.475 e. The topological polar surface area (TPSA) is 97.5 Å². The van der Waals surface area contributed by atoms with Gasteiger partial charge in [0.25, 0.3) is 5.91 Å². The van der Waals surface area contributed by atoms with Gasteiger partial charge < -0.3 is 20.7 Å². The second-order valence-corrected chi connectivity index (χ2v) is 9.46. The molecule has 0 saturated carbocycles. The lowest BCUT2D eigenvalue weighted by atomic mass is 9.96. The summed E-state index contributed by atoms with van der Waals surface area (Å²) in [4.78, 5) is 30.8. The van der Waals surface area contributed by atoms with Gasteiger partial charge in [-0.05, 0) is 69.9 Å². The number of halogens is 4. The maximum atomic E-state index is 14.1. The lowest BCUT2D eigenvalue weighted by Crippen LogP contribution is -2.55. The van der Waals surface area contributed by atoms with Crippen LogP contribution in [0.4, 0.5) is 23.4 Å².